The third-order valence-electron chi connectivity index (χ3n) is 4.27. The molecule has 0 saturated carbocycles. The van der Waals surface area contributed by atoms with Crippen LogP contribution < -0.4 is 10.9 Å². The minimum absolute atomic E-state index is 0.169. The number of nitrogens with zero attached hydrogens (tertiary/aromatic N) is 2. The van der Waals surface area contributed by atoms with E-state index in [-0.39, 0.29) is 6.04 Å². The molecule has 23 heavy (non-hydrogen) atoms. The van der Waals surface area contributed by atoms with Crippen LogP contribution in [0.2, 0.25) is 0 Å². The van der Waals surface area contributed by atoms with E-state index in [1.54, 1.807) is 0 Å². The van der Waals surface area contributed by atoms with Crippen LogP contribution in [0.15, 0.2) is 73.1 Å². The molecule has 4 heteroatoms. The van der Waals surface area contributed by atoms with Crippen molar-refractivity contribution in [2.75, 3.05) is 6.54 Å². The molecule has 2 N–H and O–H groups in total. The third-order valence-corrected chi connectivity index (χ3v) is 4.27. The Kier molecular flexibility index (Phi) is 3.84. The van der Waals surface area contributed by atoms with Crippen LogP contribution in [0.3, 0.4) is 0 Å². The van der Waals surface area contributed by atoms with Gasteiger partial charge in [0, 0.05) is 30.4 Å². The highest BCUT2D eigenvalue weighted by molar-refractivity contribution is 5.59. The van der Waals surface area contributed by atoms with Crippen LogP contribution in [0.25, 0.3) is 11.3 Å². The van der Waals surface area contributed by atoms with Crippen molar-refractivity contribution >= 4 is 0 Å². The lowest BCUT2D eigenvalue weighted by Crippen LogP contribution is -2.25. The fourth-order valence-corrected chi connectivity index (χ4v) is 3.09. The van der Waals surface area contributed by atoms with Crippen LogP contribution in [0.5, 0.6) is 0 Å². The molecule has 2 atom stereocenters. The maximum absolute atomic E-state index is 4.52. The van der Waals surface area contributed by atoms with Gasteiger partial charge in [0.1, 0.15) is 0 Å². The number of aromatic nitrogens is 2. The van der Waals surface area contributed by atoms with Crippen molar-refractivity contribution in [3.05, 3.63) is 84.3 Å². The van der Waals surface area contributed by atoms with Crippen molar-refractivity contribution in [1.29, 1.82) is 0 Å². The normalized spacial score (nSPS) is 20.5. The SMILES string of the molecule is c1ccc(-c2cc(C3CNNC3c3ccccn3)ccn2)cc1. The first kappa shape index (κ1) is 14.1. The molecule has 0 aliphatic carbocycles. The van der Waals surface area contributed by atoms with Crippen molar-refractivity contribution in [2.24, 2.45) is 0 Å². The predicted molar refractivity (Wildman–Crippen MR) is 90.5 cm³/mol. The molecule has 114 valence electrons. The van der Waals surface area contributed by atoms with E-state index in [4.69, 9.17) is 0 Å². The fraction of sp³-hybridized carbons (Fsp3) is 0.158. The smallest absolute Gasteiger partial charge is 0.0715 e. The molecule has 0 radical (unpaired) electrons. The first-order valence-corrected chi connectivity index (χ1v) is 7.82. The van der Waals surface area contributed by atoms with Crippen LogP contribution in [0.1, 0.15) is 23.2 Å². The van der Waals surface area contributed by atoms with Gasteiger partial charge >= 0.3 is 0 Å². The fourth-order valence-electron chi connectivity index (χ4n) is 3.09. The van der Waals surface area contributed by atoms with Gasteiger partial charge in [0.05, 0.1) is 17.4 Å². The zero-order chi connectivity index (χ0) is 15.5. The molecule has 0 amide bonds. The Morgan fingerprint density at radius 3 is 2.57 bits per heavy atom. The van der Waals surface area contributed by atoms with Gasteiger partial charge in [-0.3, -0.25) is 15.4 Å². The molecule has 0 bridgehead atoms. The summed E-state index contributed by atoms with van der Waals surface area (Å²) in [6.45, 7) is 0.874. The summed E-state index contributed by atoms with van der Waals surface area (Å²) in [4.78, 5) is 9.02. The number of hydrogen-bond donors (Lipinski definition) is 2. The second-order valence-corrected chi connectivity index (χ2v) is 5.70. The Balaban J connectivity index is 1.68. The molecule has 3 aromatic rings. The number of hydrazine groups is 1. The summed E-state index contributed by atoms with van der Waals surface area (Å²) < 4.78 is 0. The number of nitrogens with one attached hydrogen (secondary N) is 2. The first-order chi connectivity index (χ1) is 11.4. The summed E-state index contributed by atoms with van der Waals surface area (Å²) in [5.41, 5.74) is 11.1. The van der Waals surface area contributed by atoms with Crippen LogP contribution >= 0.6 is 0 Å². The first-order valence-electron chi connectivity index (χ1n) is 7.82. The molecule has 1 aromatic carbocycles. The summed E-state index contributed by atoms with van der Waals surface area (Å²) in [6, 6.07) is 20.8. The largest absolute Gasteiger partial charge is 0.260 e. The van der Waals surface area contributed by atoms with E-state index in [1.807, 2.05) is 42.7 Å². The van der Waals surface area contributed by atoms with Gasteiger partial charge < -0.3 is 0 Å². The van der Waals surface area contributed by atoms with Crippen LogP contribution in [-0.4, -0.2) is 16.5 Å². The van der Waals surface area contributed by atoms with Crippen LogP contribution in [0.4, 0.5) is 0 Å². The van der Waals surface area contributed by atoms with E-state index in [9.17, 15) is 0 Å². The summed E-state index contributed by atoms with van der Waals surface area (Å²) in [7, 11) is 0. The average molecular weight is 302 g/mol. The Morgan fingerprint density at radius 2 is 1.74 bits per heavy atom. The average Bonchev–Trinajstić information content (AvgIpc) is 3.13. The molecule has 1 aliphatic heterocycles. The zero-order valence-corrected chi connectivity index (χ0v) is 12.7. The summed E-state index contributed by atoms with van der Waals surface area (Å²) in [5.74, 6) is 0.329. The Morgan fingerprint density at radius 1 is 0.870 bits per heavy atom. The van der Waals surface area contributed by atoms with E-state index in [0.29, 0.717) is 5.92 Å². The molecule has 2 unspecified atom stereocenters. The van der Waals surface area contributed by atoms with Crippen LogP contribution in [-0.2, 0) is 0 Å². The molecule has 4 nitrogen and oxygen atoms in total. The zero-order valence-electron chi connectivity index (χ0n) is 12.7. The summed E-state index contributed by atoms with van der Waals surface area (Å²) >= 11 is 0. The minimum Gasteiger partial charge on any atom is -0.260 e. The predicted octanol–water partition coefficient (Wildman–Crippen LogP) is 3.08. The van der Waals surface area contributed by atoms with Gasteiger partial charge in [-0.05, 0) is 29.8 Å². The van der Waals surface area contributed by atoms with Gasteiger partial charge in [-0.1, -0.05) is 36.4 Å². The molecule has 2 aromatic heterocycles. The highest BCUT2D eigenvalue weighted by Gasteiger charge is 2.30. The van der Waals surface area contributed by atoms with E-state index in [0.717, 1.165) is 23.5 Å². The Bertz CT molecular complexity index is 774. The van der Waals surface area contributed by atoms with Gasteiger partial charge in [0.2, 0.25) is 0 Å². The second kappa shape index (κ2) is 6.28. The maximum Gasteiger partial charge on any atom is 0.0715 e. The summed E-state index contributed by atoms with van der Waals surface area (Å²) in [6.07, 6.45) is 3.74. The summed E-state index contributed by atoms with van der Waals surface area (Å²) in [5, 5.41) is 0. The maximum atomic E-state index is 4.52. The van der Waals surface area contributed by atoms with Gasteiger partial charge in [0.15, 0.2) is 0 Å². The molecule has 4 rings (SSSR count). The third kappa shape index (κ3) is 2.86. The van der Waals surface area contributed by atoms with Crippen molar-refractivity contribution in [2.45, 2.75) is 12.0 Å². The topological polar surface area (TPSA) is 49.8 Å². The highest BCUT2D eigenvalue weighted by atomic mass is 15.4. The molecular formula is C19H18N4. The number of pyridine rings is 2. The number of hydrogen-bond acceptors (Lipinski definition) is 4. The Labute approximate surface area is 135 Å². The lowest BCUT2D eigenvalue weighted by molar-refractivity contribution is 0.541. The molecule has 1 fully saturated rings. The van der Waals surface area contributed by atoms with Crippen molar-refractivity contribution in [1.82, 2.24) is 20.8 Å². The monoisotopic (exact) mass is 302 g/mol. The van der Waals surface area contributed by atoms with E-state index in [1.165, 1.54) is 5.56 Å². The van der Waals surface area contributed by atoms with E-state index >= 15 is 0 Å². The molecule has 0 spiro atoms. The van der Waals surface area contributed by atoms with Crippen molar-refractivity contribution < 1.29 is 0 Å². The highest BCUT2D eigenvalue weighted by Crippen LogP contribution is 2.33. The molecular weight excluding hydrogens is 284 g/mol. The van der Waals surface area contributed by atoms with Gasteiger partial charge in [-0.2, -0.15) is 0 Å². The second-order valence-electron chi connectivity index (χ2n) is 5.70. The molecule has 1 aliphatic rings. The molecule has 1 saturated heterocycles. The van der Waals surface area contributed by atoms with Gasteiger partial charge in [0.25, 0.3) is 0 Å². The van der Waals surface area contributed by atoms with Gasteiger partial charge in [-0.25, -0.2) is 5.43 Å². The van der Waals surface area contributed by atoms with Crippen LogP contribution in [0, 0.1) is 0 Å². The molecule has 3 heterocycles. The van der Waals surface area contributed by atoms with Gasteiger partial charge in [-0.15, -0.1) is 0 Å². The Hall–Kier alpha value is -2.56. The quantitative estimate of drug-likeness (QED) is 0.780. The number of benzene rings is 1. The van der Waals surface area contributed by atoms with E-state index in [2.05, 4.69) is 51.2 Å². The van der Waals surface area contributed by atoms with E-state index < -0.39 is 0 Å². The lowest BCUT2D eigenvalue weighted by Gasteiger charge is -2.18. The van der Waals surface area contributed by atoms with Crippen molar-refractivity contribution in [3.63, 3.8) is 0 Å². The minimum atomic E-state index is 0.169. The van der Waals surface area contributed by atoms with Crippen molar-refractivity contribution in [3.8, 4) is 11.3 Å². The lowest BCUT2D eigenvalue weighted by atomic mass is 9.90. The standard InChI is InChI=1S/C19H18N4/c1-2-6-14(7-3-1)18-12-15(9-11-21-18)16-13-22-23-19(16)17-8-4-5-10-20-17/h1-12,16,19,22-23H,13H2. The number of rotatable bonds is 3.